The number of carbonyl (C=O) groups is 9. The molecule has 1 heterocycles. The molecule has 1 aliphatic heterocycles. The van der Waals surface area contributed by atoms with Crippen LogP contribution in [-0.4, -0.2) is 103 Å². The van der Waals surface area contributed by atoms with Crippen LogP contribution < -0.4 is 80.7 Å². The molecule has 1 aliphatic rings. The van der Waals surface area contributed by atoms with Crippen molar-refractivity contribution in [3.63, 3.8) is 0 Å². The largest absolute Gasteiger partial charge is 1.00 e. The molecule has 0 aromatic carbocycles. The number of amides is 1. The molecule has 21 nitrogen and oxygen atoms in total. The Morgan fingerprint density at radius 2 is 0.847 bits per heavy atom. The van der Waals surface area contributed by atoms with Gasteiger partial charge in [-0.1, -0.05) is 62.8 Å². The van der Waals surface area contributed by atoms with Gasteiger partial charge in [0.2, 0.25) is 5.91 Å². The fourth-order valence-electron chi connectivity index (χ4n) is 6.56. The third-order valence-corrected chi connectivity index (χ3v) is 9.17. The molecule has 3 unspecified atom stereocenters. The van der Waals surface area contributed by atoms with Gasteiger partial charge in [0.1, 0.15) is 11.8 Å². The van der Waals surface area contributed by atoms with Crippen LogP contribution in [0.3, 0.4) is 0 Å². The van der Waals surface area contributed by atoms with Crippen LogP contribution in [0, 0.1) is 105 Å². The monoisotopic (exact) mass is 1040 g/mol. The number of ether oxygens (including phenoxy) is 5. The molecule has 1 saturated heterocycles. The molecule has 402 valence electrons. The first-order chi connectivity index (χ1) is 32.1. The summed E-state index contributed by atoms with van der Waals surface area (Å²) >= 11 is 0. The maximum absolute atomic E-state index is 11.8. The fourth-order valence-corrected chi connectivity index (χ4v) is 6.56. The van der Waals surface area contributed by atoms with E-state index in [4.69, 9.17) is 49.7 Å². The molecule has 0 spiro atoms. The summed E-state index contributed by atoms with van der Waals surface area (Å²) in [6.07, 6.45) is 2.03. The van der Waals surface area contributed by atoms with Gasteiger partial charge in [-0.2, -0.15) is 15.8 Å². The molecule has 1 rings (SSSR count). The van der Waals surface area contributed by atoms with Crippen molar-refractivity contribution in [2.24, 2.45) is 71.0 Å². The predicted molar refractivity (Wildman–Crippen MR) is 253 cm³/mol. The Bertz CT molecular complexity index is 1650. The second kappa shape index (κ2) is 47.9. The van der Waals surface area contributed by atoms with Gasteiger partial charge in [-0.25, -0.2) is 0 Å². The van der Waals surface area contributed by atoms with E-state index in [1.807, 2.05) is 73.6 Å². The van der Waals surface area contributed by atoms with Crippen molar-refractivity contribution in [2.75, 3.05) is 39.6 Å². The first-order valence-electron chi connectivity index (χ1n) is 23.1. The minimum atomic E-state index is -1.55. The van der Waals surface area contributed by atoms with Gasteiger partial charge in [0.05, 0.1) is 75.0 Å². The van der Waals surface area contributed by atoms with Crippen molar-refractivity contribution >= 4 is 53.7 Å². The number of nitrogens with one attached hydrogen (secondary N) is 1. The number of carboxylic acids is 3. The molecule has 23 heteroatoms. The zero-order valence-electron chi connectivity index (χ0n) is 45.9. The van der Waals surface area contributed by atoms with E-state index in [0.29, 0.717) is 31.7 Å². The summed E-state index contributed by atoms with van der Waals surface area (Å²) in [6.45, 7) is 26.1. The van der Waals surface area contributed by atoms with E-state index < -0.39 is 89.2 Å². The third kappa shape index (κ3) is 37.6. The zero-order valence-corrected chi connectivity index (χ0v) is 48.0. The Labute approximate surface area is 483 Å². The molecule has 0 bridgehead atoms. The number of hydrogen-bond acceptors (Lipinski definition) is 18. The summed E-state index contributed by atoms with van der Waals surface area (Å²) in [7, 11) is 0. The minimum absolute atomic E-state index is 0. The second-order valence-corrected chi connectivity index (χ2v) is 17.1. The number of hydrogen-bond donors (Lipinski definition) is 3. The summed E-state index contributed by atoms with van der Waals surface area (Å²) in [5, 5.41) is 56.7. The predicted octanol–water partition coefficient (Wildman–Crippen LogP) is -0.742. The number of rotatable bonds is 23. The van der Waals surface area contributed by atoms with Crippen LogP contribution in [0.2, 0.25) is 0 Å². The van der Waals surface area contributed by atoms with Crippen LogP contribution in [0.15, 0.2) is 0 Å². The van der Waals surface area contributed by atoms with Crippen LogP contribution in [0.5, 0.6) is 0 Å². The Morgan fingerprint density at radius 3 is 1.04 bits per heavy atom. The number of nitriles is 3. The van der Waals surface area contributed by atoms with Crippen LogP contribution in [-0.2, 0) is 66.8 Å². The molecule has 0 aromatic heterocycles. The fraction of sp³-hybridized carbons (Fsp3) is 0.755. The molecule has 72 heavy (non-hydrogen) atoms. The second-order valence-electron chi connectivity index (χ2n) is 17.1. The smallest absolute Gasteiger partial charge is 1.00 e. The molecular weight excluding hydrogens is 963 g/mol. The van der Waals surface area contributed by atoms with Gasteiger partial charge >= 0.3 is 106 Å². The quantitative estimate of drug-likeness (QED) is 0.0491. The molecule has 6 atom stereocenters. The normalized spacial score (nSPS) is 14.5. The van der Waals surface area contributed by atoms with Crippen LogP contribution in [0.4, 0.5) is 0 Å². The van der Waals surface area contributed by atoms with Crippen LogP contribution in [0.25, 0.3) is 0 Å². The van der Waals surface area contributed by atoms with E-state index in [0.717, 1.165) is 13.3 Å². The number of carboxylic acid groups (broad SMARTS) is 3. The molecule has 3 N–H and O–H groups in total. The summed E-state index contributed by atoms with van der Waals surface area (Å²) < 4.78 is 24.0. The van der Waals surface area contributed by atoms with Gasteiger partial charge in [-0.15, -0.1) is 0 Å². The Kier molecular flexibility index (Phi) is 54.5. The standard InChI is InChI=1S/2C13H21NO4.C11H17NO4.C9H15NO3.C2H4O2.CH4.K.Li.H/c2*1-5-17-12(15)11(13(16)18-6-2)10(8-14)7-9(3)4;1-4-16-11(15)9(10(13)14)8(6-12)5-7(2)3;1-5(2)3-6-4-10-8(11)7(6)9(12)13;1-2(3)4;;;;/h2*9-11H,5-7H2,1-4H3;7-9H,4-5H2,1-3H3,(H,13,14);5-7H,3-4H2,1-2H3,(H,10,11)(H,12,13);1H3,(H,3,4);1H4;;;/q;;;;;;2*+1;-1/p-1/t10-;;8-,9?;6-,7?;;;;;/m0.11...../s1. The summed E-state index contributed by atoms with van der Waals surface area (Å²) in [5.41, 5.74) is 0. The van der Waals surface area contributed by atoms with Crippen LogP contribution in [0.1, 0.15) is 131 Å². The van der Waals surface area contributed by atoms with Crippen molar-refractivity contribution < 1.29 is 154 Å². The van der Waals surface area contributed by atoms with Gasteiger partial charge < -0.3 is 50.5 Å². The summed E-state index contributed by atoms with van der Waals surface area (Å²) in [5.74, 6) is -13.3. The molecule has 0 aromatic rings. The van der Waals surface area contributed by atoms with Crippen LogP contribution >= 0.6 is 0 Å². The maximum Gasteiger partial charge on any atom is 1.00 e. The minimum Gasteiger partial charge on any atom is -1.00 e. The number of esters is 5. The first kappa shape index (κ1) is 82.0. The number of carbonyl (C=O) groups excluding carboxylic acids is 7. The Balaban J connectivity index is -0.000000124. The molecule has 1 amide bonds. The Hall–Kier alpha value is -4.07. The van der Waals surface area contributed by atoms with E-state index in [2.05, 4.69) is 10.1 Å². The molecule has 0 aliphatic carbocycles. The first-order valence-corrected chi connectivity index (χ1v) is 23.1. The SMILES string of the molecule is C.CC(=O)O.CC(C)C[C@@H]1CNC(=O)C1C(=O)O.CCOC(=O)C(C(=O)OCC)C(C#N)CC(C)C.CCOC(=O)C(C(=O)OCC)[C@H](C#N)CC(C)C.CCOC(=O)C(C(=O)[O-])[C@@H](C#N)CC(C)C.[H-].[K+].[Li+]. The molecule has 1 fully saturated rings. The Morgan fingerprint density at radius 1 is 0.597 bits per heavy atom. The third-order valence-electron chi connectivity index (χ3n) is 9.17. The van der Waals surface area contributed by atoms with Gasteiger partial charge in [-0.05, 0) is 89.9 Å². The topological polar surface area (TPSA) is 347 Å². The summed E-state index contributed by atoms with van der Waals surface area (Å²) in [6, 6.07) is 5.85. The molecule has 0 radical (unpaired) electrons. The van der Waals surface area contributed by atoms with Crippen molar-refractivity contribution in [1.29, 1.82) is 15.8 Å². The molecule has 0 saturated carbocycles. The van der Waals surface area contributed by atoms with Crippen molar-refractivity contribution in [3.8, 4) is 18.2 Å². The number of aliphatic carboxylic acids is 3. The van der Waals surface area contributed by atoms with Crippen molar-refractivity contribution in [3.05, 3.63) is 0 Å². The number of nitrogens with zero attached hydrogens (tertiary/aromatic N) is 3. The zero-order chi connectivity index (χ0) is 54.6. The van der Waals surface area contributed by atoms with Gasteiger partial charge in [-0.3, -0.25) is 38.4 Å². The maximum atomic E-state index is 11.8. The van der Waals surface area contributed by atoms with Gasteiger partial charge in [0, 0.05) is 13.5 Å². The van der Waals surface area contributed by atoms with Gasteiger partial charge in [0.25, 0.3) is 5.97 Å². The average molecular weight is 1050 g/mol. The van der Waals surface area contributed by atoms with E-state index in [9.17, 15) is 43.5 Å². The average Bonchev–Trinajstić information content (AvgIpc) is 3.59. The van der Waals surface area contributed by atoms with Crippen molar-refractivity contribution in [2.45, 2.75) is 130 Å². The van der Waals surface area contributed by atoms with E-state index in [-0.39, 0.29) is 142 Å². The van der Waals surface area contributed by atoms with Gasteiger partial charge in [0.15, 0.2) is 11.8 Å². The van der Waals surface area contributed by atoms with Crippen molar-refractivity contribution in [1.82, 2.24) is 5.32 Å². The van der Waals surface area contributed by atoms with E-state index >= 15 is 0 Å². The van der Waals surface area contributed by atoms with E-state index in [1.54, 1.807) is 34.6 Å². The summed E-state index contributed by atoms with van der Waals surface area (Å²) in [4.78, 5) is 100. The molecular formula is C49H82KLiN4O17. The van der Waals surface area contributed by atoms with E-state index in [1.165, 1.54) is 0 Å².